The van der Waals surface area contributed by atoms with Gasteiger partial charge in [0.25, 0.3) is 0 Å². The lowest BCUT2D eigenvalue weighted by Gasteiger charge is -2.33. The van der Waals surface area contributed by atoms with Crippen LogP contribution in [0.25, 0.3) is 21.9 Å². The predicted octanol–water partition coefficient (Wildman–Crippen LogP) is 7.71. The summed E-state index contributed by atoms with van der Waals surface area (Å²) in [6.45, 7) is 0. The van der Waals surface area contributed by atoms with Crippen LogP contribution in [0.4, 0.5) is 0 Å². The summed E-state index contributed by atoms with van der Waals surface area (Å²) >= 11 is 0. The van der Waals surface area contributed by atoms with Crippen LogP contribution in [-0.4, -0.2) is 20.4 Å². The third-order valence-corrected chi connectivity index (χ3v) is 7.39. The van der Waals surface area contributed by atoms with Gasteiger partial charge >= 0.3 is 0 Å². The number of aromatic hydroxyl groups is 4. The number of phenolic OH excluding ortho intramolecular Hbond substituents is 4. The summed E-state index contributed by atoms with van der Waals surface area (Å²) in [5, 5.41) is 39.8. The molecule has 0 heterocycles. The average Bonchev–Trinajstić information content (AvgIpc) is 3.26. The van der Waals surface area contributed by atoms with E-state index in [4.69, 9.17) is 5.11 Å². The third-order valence-electron chi connectivity index (χ3n) is 7.39. The van der Waals surface area contributed by atoms with Crippen molar-refractivity contribution in [1.82, 2.24) is 0 Å². The molecule has 1 aliphatic carbocycles. The van der Waals surface area contributed by atoms with E-state index in [1.165, 1.54) is 22.3 Å². The second-order valence-corrected chi connectivity index (χ2v) is 9.62. The molecule has 0 atom stereocenters. The van der Waals surface area contributed by atoms with Crippen molar-refractivity contribution < 1.29 is 20.4 Å². The fraction of sp³-hybridized carbons (Fsp3) is 0.0286. The van der Waals surface area contributed by atoms with Gasteiger partial charge in [0.05, 0.1) is 5.41 Å². The van der Waals surface area contributed by atoms with E-state index in [1.807, 2.05) is 30.3 Å². The molecule has 4 heteroatoms. The fourth-order valence-corrected chi connectivity index (χ4v) is 5.70. The first-order valence-electron chi connectivity index (χ1n) is 12.7. The molecule has 0 aliphatic heterocycles. The van der Waals surface area contributed by atoms with Crippen molar-refractivity contribution in [3.05, 3.63) is 156 Å². The van der Waals surface area contributed by atoms with Crippen molar-refractivity contribution >= 4 is 10.8 Å². The number of rotatable bonds is 2. The zero-order valence-corrected chi connectivity index (χ0v) is 21.0. The topological polar surface area (TPSA) is 80.9 Å². The van der Waals surface area contributed by atoms with Crippen molar-refractivity contribution in [2.24, 2.45) is 0 Å². The summed E-state index contributed by atoms with van der Waals surface area (Å²) in [4.78, 5) is 0. The maximum Gasteiger partial charge on any atom is 0.123 e. The minimum absolute atomic E-state index is 0.216. The molecule has 6 aromatic carbocycles. The molecule has 39 heavy (non-hydrogen) atoms. The zero-order chi connectivity index (χ0) is 27.0. The molecular weight excluding hydrogens is 484 g/mol. The molecule has 0 bridgehead atoms. The van der Waals surface area contributed by atoms with Crippen molar-refractivity contribution in [3.8, 4) is 34.1 Å². The highest BCUT2D eigenvalue weighted by atomic mass is 16.3. The molecule has 0 fully saturated rings. The third kappa shape index (κ3) is 4.03. The number of hydrogen-bond acceptors (Lipinski definition) is 4. The Labute approximate surface area is 226 Å². The second-order valence-electron chi connectivity index (χ2n) is 9.62. The summed E-state index contributed by atoms with van der Waals surface area (Å²) < 4.78 is 0. The maximum atomic E-state index is 9.85. The fourth-order valence-electron chi connectivity index (χ4n) is 5.70. The van der Waals surface area contributed by atoms with E-state index in [-0.39, 0.29) is 23.0 Å². The molecule has 6 aromatic rings. The molecule has 1 aliphatic rings. The molecule has 0 spiro atoms. The van der Waals surface area contributed by atoms with Crippen LogP contribution in [0.2, 0.25) is 0 Å². The van der Waals surface area contributed by atoms with E-state index in [9.17, 15) is 15.3 Å². The van der Waals surface area contributed by atoms with Crippen LogP contribution in [0.1, 0.15) is 22.3 Å². The highest BCUT2D eigenvalue weighted by Crippen LogP contribution is 2.56. The van der Waals surface area contributed by atoms with Crippen LogP contribution in [0, 0.1) is 0 Å². The van der Waals surface area contributed by atoms with Gasteiger partial charge in [0.15, 0.2) is 0 Å². The number of phenols is 4. The van der Waals surface area contributed by atoms with Crippen LogP contribution in [-0.2, 0) is 5.41 Å². The smallest absolute Gasteiger partial charge is 0.123 e. The van der Waals surface area contributed by atoms with Gasteiger partial charge in [-0.1, -0.05) is 84.9 Å². The average molecular weight is 511 g/mol. The van der Waals surface area contributed by atoms with E-state index in [2.05, 4.69) is 48.5 Å². The summed E-state index contributed by atoms with van der Waals surface area (Å²) in [6, 6.07) is 41.9. The Hall–Kier alpha value is -5.22. The number of fused-ring (bicyclic) bond motifs is 4. The van der Waals surface area contributed by atoms with E-state index in [0.717, 1.165) is 21.9 Å². The van der Waals surface area contributed by atoms with Gasteiger partial charge in [-0.3, -0.25) is 0 Å². The molecule has 0 aromatic heterocycles. The molecule has 4 N–H and O–H groups in total. The monoisotopic (exact) mass is 510 g/mol. The Morgan fingerprint density at radius 3 is 1.44 bits per heavy atom. The highest BCUT2D eigenvalue weighted by molar-refractivity contribution is 5.89. The van der Waals surface area contributed by atoms with Crippen LogP contribution >= 0.6 is 0 Å². The van der Waals surface area contributed by atoms with Crippen LogP contribution in [0.3, 0.4) is 0 Å². The van der Waals surface area contributed by atoms with Gasteiger partial charge < -0.3 is 20.4 Å². The minimum atomic E-state index is -0.491. The molecule has 0 radical (unpaired) electrons. The van der Waals surface area contributed by atoms with E-state index in [0.29, 0.717) is 0 Å². The van der Waals surface area contributed by atoms with E-state index < -0.39 is 5.41 Å². The number of hydrogen-bond donors (Lipinski definition) is 4. The second kappa shape index (κ2) is 9.58. The first-order chi connectivity index (χ1) is 19.0. The van der Waals surface area contributed by atoms with E-state index >= 15 is 0 Å². The summed E-state index contributed by atoms with van der Waals surface area (Å²) in [5.74, 6) is 0.957. The lowest BCUT2D eigenvalue weighted by Crippen LogP contribution is -2.28. The molecule has 0 amide bonds. The minimum Gasteiger partial charge on any atom is -0.508 e. The van der Waals surface area contributed by atoms with Gasteiger partial charge in [-0.2, -0.15) is 0 Å². The first-order valence-corrected chi connectivity index (χ1v) is 12.7. The lowest BCUT2D eigenvalue weighted by molar-refractivity contribution is 0.474. The SMILES string of the molecule is Oc1ccc(C2(c3ccc(O)cc3)c3ccccc3-c3ccccc32)cc1.Oc1ccc2c(O)cccc2c1. The normalized spacial score (nSPS) is 12.7. The molecule has 4 nitrogen and oxygen atoms in total. The predicted molar refractivity (Wildman–Crippen MR) is 154 cm³/mol. The Bertz CT molecular complexity index is 1690. The summed E-state index contributed by atoms with van der Waals surface area (Å²) in [6.07, 6.45) is 0. The van der Waals surface area contributed by atoms with Crippen molar-refractivity contribution in [3.63, 3.8) is 0 Å². The van der Waals surface area contributed by atoms with Gasteiger partial charge in [0.2, 0.25) is 0 Å². The molecule has 0 saturated heterocycles. The standard InChI is InChI=1S/C25H18O2.C10H8O2/c26-19-13-9-17(10-14-19)25(18-11-15-20(27)16-12-18)23-7-3-1-5-21(23)22-6-2-4-8-24(22)25;11-8-4-5-9-7(6-8)2-1-3-10(9)12/h1-16,26-27H;1-6,11-12H. The van der Waals surface area contributed by atoms with Gasteiger partial charge in [-0.05, 0) is 87.3 Å². The summed E-state index contributed by atoms with van der Waals surface area (Å²) in [5.41, 5.74) is 6.54. The van der Waals surface area contributed by atoms with Crippen molar-refractivity contribution in [2.75, 3.05) is 0 Å². The van der Waals surface area contributed by atoms with Crippen LogP contribution in [0.15, 0.2) is 133 Å². The Morgan fingerprint density at radius 1 is 0.410 bits per heavy atom. The maximum absolute atomic E-state index is 9.85. The molecule has 190 valence electrons. The lowest BCUT2D eigenvalue weighted by atomic mass is 9.68. The quantitative estimate of drug-likeness (QED) is 0.192. The zero-order valence-electron chi connectivity index (χ0n) is 21.0. The van der Waals surface area contributed by atoms with Crippen molar-refractivity contribution in [1.29, 1.82) is 0 Å². The summed E-state index contributed by atoms with van der Waals surface area (Å²) in [7, 11) is 0. The van der Waals surface area contributed by atoms with Gasteiger partial charge in [0, 0.05) is 5.39 Å². The van der Waals surface area contributed by atoms with Gasteiger partial charge in [-0.25, -0.2) is 0 Å². The highest BCUT2D eigenvalue weighted by Gasteiger charge is 2.45. The van der Waals surface area contributed by atoms with Crippen LogP contribution < -0.4 is 0 Å². The molecule has 0 saturated carbocycles. The Kier molecular flexibility index (Phi) is 5.93. The van der Waals surface area contributed by atoms with Crippen molar-refractivity contribution in [2.45, 2.75) is 5.41 Å². The Balaban J connectivity index is 0.000000193. The van der Waals surface area contributed by atoms with E-state index in [1.54, 1.807) is 54.6 Å². The van der Waals surface area contributed by atoms with Gasteiger partial charge in [0.1, 0.15) is 23.0 Å². The molecule has 0 unspecified atom stereocenters. The largest absolute Gasteiger partial charge is 0.508 e. The van der Waals surface area contributed by atoms with Crippen LogP contribution in [0.5, 0.6) is 23.0 Å². The van der Waals surface area contributed by atoms with Gasteiger partial charge in [-0.15, -0.1) is 0 Å². The molecule has 7 rings (SSSR count). The first kappa shape index (κ1) is 24.1. The Morgan fingerprint density at radius 2 is 0.897 bits per heavy atom. The number of benzene rings is 6. The molecular formula is C35H26O4.